The van der Waals surface area contributed by atoms with Gasteiger partial charge in [-0.2, -0.15) is 0 Å². The molecule has 1 N–H and O–H groups in total. The maximum absolute atomic E-state index is 12.8. The number of methoxy groups -OCH3 is 2. The molecule has 0 aromatic carbocycles. The van der Waals surface area contributed by atoms with Gasteiger partial charge in [0.1, 0.15) is 0 Å². The van der Waals surface area contributed by atoms with E-state index in [-0.39, 0.29) is 19.1 Å². The zero-order valence-electron chi connectivity index (χ0n) is 15.2. The third-order valence-corrected chi connectivity index (χ3v) is 4.74. The minimum absolute atomic E-state index is 0.0171. The van der Waals surface area contributed by atoms with Gasteiger partial charge in [0.05, 0.1) is 20.4 Å². The highest BCUT2D eigenvalue weighted by molar-refractivity contribution is 7.53. The highest BCUT2D eigenvalue weighted by Crippen LogP contribution is 2.51. The lowest BCUT2D eigenvalue weighted by Crippen LogP contribution is -2.27. The van der Waals surface area contributed by atoms with Gasteiger partial charge in [0.25, 0.3) is 0 Å². The molecule has 0 aliphatic rings. The molecule has 0 fully saturated rings. The van der Waals surface area contributed by atoms with Crippen LogP contribution < -0.4 is 0 Å². The average Bonchev–Trinajstić information content (AvgIpc) is 2.53. The first-order valence-corrected chi connectivity index (χ1v) is 9.17. The Morgan fingerprint density at radius 1 is 1.00 bits per heavy atom. The second-order valence-electron chi connectivity index (χ2n) is 4.82. The van der Waals surface area contributed by atoms with Gasteiger partial charge in [0, 0.05) is 13.5 Å². The van der Waals surface area contributed by atoms with E-state index in [0.29, 0.717) is 5.06 Å². The van der Waals surface area contributed by atoms with E-state index in [4.69, 9.17) is 9.05 Å². The monoisotopic (exact) mass is 401 g/mol. The molecule has 26 heavy (non-hydrogen) atoms. The molecule has 0 aliphatic carbocycles. The second kappa shape index (κ2) is 11.7. The van der Waals surface area contributed by atoms with E-state index in [1.807, 2.05) is 0 Å². The number of amides is 1. The van der Waals surface area contributed by atoms with Crippen LogP contribution in [0.5, 0.6) is 0 Å². The molecule has 0 heterocycles. The summed E-state index contributed by atoms with van der Waals surface area (Å²) >= 11 is 0. The summed E-state index contributed by atoms with van der Waals surface area (Å²) < 4.78 is 41.0. The van der Waals surface area contributed by atoms with Gasteiger partial charge in [-0.05, 0) is 20.3 Å². The normalized spacial score (nSPS) is 15.2. The van der Waals surface area contributed by atoms with Crippen LogP contribution in [0, 0.1) is 0 Å². The lowest BCUT2D eigenvalue weighted by molar-refractivity contribution is -0.162. The number of ether oxygens (including phenoxy) is 4. The Labute approximate surface area is 150 Å². The van der Waals surface area contributed by atoms with E-state index in [2.05, 4.69) is 18.9 Å². The third-order valence-electron chi connectivity index (χ3n) is 2.64. The van der Waals surface area contributed by atoms with Gasteiger partial charge < -0.3 is 18.9 Å². The molecule has 2 atom stereocenters. The summed E-state index contributed by atoms with van der Waals surface area (Å²) in [5.41, 5.74) is 0. The van der Waals surface area contributed by atoms with E-state index < -0.39 is 38.4 Å². The van der Waals surface area contributed by atoms with E-state index in [1.165, 1.54) is 13.8 Å². The molecule has 152 valence electrons. The molecule has 0 spiro atoms. The molecule has 0 aromatic heterocycles. The molecule has 1 amide bonds. The van der Waals surface area contributed by atoms with Crippen molar-refractivity contribution in [1.29, 1.82) is 0 Å². The van der Waals surface area contributed by atoms with Crippen LogP contribution in [0.15, 0.2) is 0 Å². The Morgan fingerprint density at radius 2 is 1.42 bits per heavy atom. The number of nitrogens with zero attached hydrogens (tertiary/aromatic N) is 1. The molecule has 0 rings (SSSR count). The van der Waals surface area contributed by atoms with Crippen LogP contribution >= 0.6 is 7.60 Å². The largest absolute Gasteiger partial charge is 0.510 e. The third kappa shape index (κ3) is 10.2. The van der Waals surface area contributed by atoms with Gasteiger partial charge in [0.2, 0.25) is 18.5 Å². The minimum atomic E-state index is -3.97. The summed E-state index contributed by atoms with van der Waals surface area (Å²) in [5.74, 6) is -0.605. The summed E-state index contributed by atoms with van der Waals surface area (Å²) in [5, 5.41) is 9.75. The molecule has 0 aromatic rings. The highest BCUT2D eigenvalue weighted by Gasteiger charge is 2.32. The van der Waals surface area contributed by atoms with Crippen molar-refractivity contribution in [3.63, 3.8) is 0 Å². The number of hydrogen-bond acceptors (Lipinski definition) is 11. The molecular weight excluding hydrogens is 377 g/mol. The Bertz CT molecular complexity index is 496. The first-order valence-electron chi connectivity index (χ1n) is 7.45. The van der Waals surface area contributed by atoms with E-state index in [9.17, 15) is 24.2 Å². The molecule has 0 saturated carbocycles. The van der Waals surface area contributed by atoms with E-state index >= 15 is 0 Å². The predicted octanol–water partition coefficient (Wildman–Crippen LogP) is 2.10. The number of carbonyl (C=O) groups excluding carboxylic acids is 3. The first-order chi connectivity index (χ1) is 12.0. The van der Waals surface area contributed by atoms with Gasteiger partial charge >= 0.3 is 19.9 Å². The quantitative estimate of drug-likeness (QED) is 0.189. The van der Waals surface area contributed by atoms with Crippen LogP contribution in [0.1, 0.15) is 27.2 Å². The lowest BCUT2D eigenvalue weighted by Gasteiger charge is -2.25. The molecule has 0 radical (unpaired) electrons. The van der Waals surface area contributed by atoms with Crippen molar-refractivity contribution in [2.75, 3.05) is 26.9 Å². The zero-order valence-corrected chi connectivity index (χ0v) is 16.1. The molecule has 13 heteroatoms. The fourth-order valence-corrected chi connectivity index (χ4v) is 3.34. The lowest BCUT2D eigenvalue weighted by atomic mass is 10.4. The standard InChI is InChI=1S/C13H24NO11P/c1-9(15)14(18)7-6-8-26(19,24-10(2)22-12(16)20-4)25-11(3)23-13(17)21-5/h10-11,18H,6-8H2,1-5H3. The van der Waals surface area contributed by atoms with Crippen LogP contribution in [0.3, 0.4) is 0 Å². The minimum Gasteiger partial charge on any atom is -0.438 e. The number of hydrogen-bond donors (Lipinski definition) is 1. The van der Waals surface area contributed by atoms with Crippen LogP contribution in [-0.4, -0.2) is 68.0 Å². The number of rotatable bonds is 10. The van der Waals surface area contributed by atoms with Crippen molar-refractivity contribution in [3.05, 3.63) is 0 Å². The van der Waals surface area contributed by atoms with Gasteiger partial charge in [0.15, 0.2) is 0 Å². The summed E-state index contributed by atoms with van der Waals surface area (Å²) in [6.07, 6.45) is -5.01. The molecule has 0 bridgehead atoms. The molecule has 0 saturated heterocycles. The zero-order chi connectivity index (χ0) is 20.3. The summed E-state index contributed by atoms with van der Waals surface area (Å²) in [7, 11) is -1.81. The predicted molar refractivity (Wildman–Crippen MR) is 84.3 cm³/mol. The van der Waals surface area contributed by atoms with Crippen LogP contribution in [0.4, 0.5) is 9.59 Å². The fraction of sp³-hybridized carbons (Fsp3) is 0.769. The topological polar surface area (TPSA) is 147 Å². The summed E-state index contributed by atoms with van der Waals surface area (Å²) in [4.78, 5) is 33.1. The molecular formula is C13H24NO11P. The fourth-order valence-electron chi connectivity index (χ4n) is 1.56. The van der Waals surface area contributed by atoms with Gasteiger partial charge in [-0.3, -0.25) is 23.6 Å². The SMILES string of the molecule is COC(=O)OC(C)OP(=O)(CCCN(O)C(C)=O)OC(C)OC(=O)OC. The number of carbonyl (C=O) groups is 3. The van der Waals surface area contributed by atoms with Crippen molar-refractivity contribution in [3.8, 4) is 0 Å². The molecule has 0 aliphatic heterocycles. The molecule has 12 nitrogen and oxygen atoms in total. The smallest absolute Gasteiger partial charge is 0.438 e. The highest BCUT2D eigenvalue weighted by atomic mass is 31.2. The summed E-state index contributed by atoms with van der Waals surface area (Å²) in [6.45, 7) is 3.54. The van der Waals surface area contributed by atoms with Crippen molar-refractivity contribution in [1.82, 2.24) is 5.06 Å². The van der Waals surface area contributed by atoms with E-state index in [0.717, 1.165) is 21.1 Å². The Balaban J connectivity index is 4.93. The van der Waals surface area contributed by atoms with Crippen LogP contribution in [0.2, 0.25) is 0 Å². The Hall–Kier alpha value is -1.88. The second-order valence-corrected chi connectivity index (χ2v) is 6.91. The van der Waals surface area contributed by atoms with Crippen LogP contribution in [0.25, 0.3) is 0 Å². The maximum Gasteiger partial charge on any atom is 0.510 e. The van der Waals surface area contributed by atoms with Crippen molar-refractivity contribution < 1.29 is 52.2 Å². The van der Waals surface area contributed by atoms with Crippen molar-refractivity contribution >= 4 is 25.8 Å². The molecule has 2 unspecified atom stereocenters. The van der Waals surface area contributed by atoms with Crippen molar-refractivity contribution in [2.24, 2.45) is 0 Å². The maximum atomic E-state index is 12.8. The number of hydroxylamine groups is 2. The Kier molecular flexibility index (Phi) is 10.8. The summed E-state index contributed by atoms with van der Waals surface area (Å²) in [6, 6.07) is 0. The van der Waals surface area contributed by atoms with Crippen LogP contribution in [-0.2, 0) is 37.4 Å². The Morgan fingerprint density at radius 3 is 1.77 bits per heavy atom. The first kappa shape index (κ1) is 24.1. The van der Waals surface area contributed by atoms with Gasteiger partial charge in [-0.25, -0.2) is 14.7 Å². The average molecular weight is 401 g/mol. The van der Waals surface area contributed by atoms with Crippen molar-refractivity contribution in [2.45, 2.75) is 39.8 Å². The van der Waals surface area contributed by atoms with Gasteiger partial charge in [-0.1, -0.05) is 0 Å². The van der Waals surface area contributed by atoms with Gasteiger partial charge in [-0.15, -0.1) is 0 Å². The van der Waals surface area contributed by atoms with E-state index in [1.54, 1.807) is 0 Å².